The molecular weight excluding hydrogens is 212 g/mol. The highest BCUT2D eigenvalue weighted by Crippen LogP contribution is 2.11. The lowest BCUT2D eigenvalue weighted by Crippen LogP contribution is -2.23. The Kier molecular flexibility index (Phi) is 2.88. The maximum Gasteiger partial charge on any atom is 0.0847 e. The Morgan fingerprint density at radius 1 is 1.29 bits per heavy atom. The van der Waals surface area contributed by atoms with Gasteiger partial charge in [0, 0.05) is 12.5 Å². The molecule has 1 aliphatic rings. The number of rotatable bonds is 3. The number of para-hydroxylation sites is 1. The predicted octanol–water partition coefficient (Wildman–Crippen LogP) is 1.56. The maximum absolute atomic E-state index is 4.23. The lowest BCUT2D eigenvalue weighted by molar-refractivity contribution is 0.594. The molecule has 17 heavy (non-hydrogen) atoms. The predicted molar refractivity (Wildman–Crippen MR) is 66.1 cm³/mol. The third-order valence-electron chi connectivity index (χ3n) is 3.18. The molecule has 2 heterocycles. The van der Waals surface area contributed by atoms with Crippen LogP contribution in [0.5, 0.6) is 0 Å². The van der Waals surface area contributed by atoms with Crippen molar-refractivity contribution in [2.75, 3.05) is 6.54 Å². The van der Waals surface area contributed by atoms with Crippen LogP contribution in [0.1, 0.15) is 18.5 Å². The van der Waals surface area contributed by atoms with E-state index in [0.29, 0.717) is 6.04 Å². The second kappa shape index (κ2) is 4.67. The average molecular weight is 228 g/mol. The van der Waals surface area contributed by atoms with E-state index in [2.05, 4.69) is 15.6 Å². The lowest BCUT2D eigenvalue weighted by Gasteiger charge is -2.05. The summed E-state index contributed by atoms with van der Waals surface area (Å²) >= 11 is 0. The highest BCUT2D eigenvalue weighted by atomic mass is 15.4. The van der Waals surface area contributed by atoms with Crippen LogP contribution in [-0.4, -0.2) is 27.6 Å². The number of hydrogen-bond acceptors (Lipinski definition) is 3. The van der Waals surface area contributed by atoms with Gasteiger partial charge < -0.3 is 5.32 Å². The smallest absolute Gasteiger partial charge is 0.0847 e. The van der Waals surface area contributed by atoms with Gasteiger partial charge in [-0.05, 0) is 31.5 Å². The van der Waals surface area contributed by atoms with Crippen LogP contribution in [0, 0.1) is 0 Å². The van der Waals surface area contributed by atoms with E-state index in [-0.39, 0.29) is 0 Å². The second-order valence-corrected chi connectivity index (χ2v) is 4.49. The van der Waals surface area contributed by atoms with Crippen LogP contribution in [0.25, 0.3) is 5.69 Å². The highest BCUT2D eigenvalue weighted by molar-refractivity contribution is 5.29. The summed E-state index contributed by atoms with van der Waals surface area (Å²) in [6, 6.07) is 10.7. The van der Waals surface area contributed by atoms with Crippen molar-refractivity contribution in [3.8, 4) is 5.69 Å². The molecule has 1 fully saturated rings. The average Bonchev–Trinajstić information content (AvgIpc) is 3.02. The van der Waals surface area contributed by atoms with Crippen LogP contribution >= 0.6 is 0 Å². The summed E-state index contributed by atoms with van der Waals surface area (Å²) in [6.45, 7) is 1.14. The summed E-state index contributed by atoms with van der Waals surface area (Å²) in [6.07, 6.45) is 5.53. The molecule has 1 N–H and O–H groups in total. The SMILES string of the molecule is c1ccc(-n2cc(CC3CCCN3)nn2)cc1. The largest absolute Gasteiger partial charge is 0.314 e. The monoisotopic (exact) mass is 228 g/mol. The molecule has 4 nitrogen and oxygen atoms in total. The van der Waals surface area contributed by atoms with Crippen LogP contribution in [0.3, 0.4) is 0 Å². The topological polar surface area (TPSA) is 42.7 Å². The van der Waals surface area contributed by atoms with Gasteiger partial charge in [-0.25, -0.2) is 4.68 Å². The van der Waals surface area contributed by atoms with Crippen molar-refractivity contribution >= 4 is 0 Å². The van der Waals surface area contributed by atoms with Crippen molar-refractivity contribution in [3.63, 3.8) is 0 Å². The summed E-state index contributed by atoms with van der Waals surface area (Å²) in [5, 5.41) is 11.9. The van der Waals surface area contributed by atoms with E-state index < -0.39 is 0 Å². The van der Waals surface area contributed by atoms with Crippen molar-refractivity contribution in [2.24, 2.45) is 0 Å². The lowest BCUT2D eigenvalue weighted by atomic mass is 10.1. The second-order valence-electron chi connectivity index (χ2n) is 4.49. The molecule has 1 saturated heterocycles. The van der Waals surface area contributed by atoms with E-state index in [1.807, 2.05) is 41.2 Å². The number of hydrogen-bond donors (Lipinski definition) is 1. The molecule has 0 amide bonds. The van der Waals surface area contributed by atoms with Gasteiger partial charge in [-0.3, -0.25) is 0 Å². The fourth-order valence-corrected chi connectivity index (χ4v) is 2.28. The number of aromatic nitrogens is 3. The molecular formula is C13H16N4. The zero-order valence-corrected chi connectivity index (χ0v) is 9.71. The quantitative estimate of drug-likeness (QED) is 0.867. The van der Waals surface area contributed by atoms with Gasteiger partial charge in [0.2, 0.25) is 0 Å². The van der Waals surface area contributed by atoms with Crippen molar-refractivity contribution in [1.82, 2.24) is 20.3 Å². The minimum absolute atomic E-state index is 0.580. The molecule has 1 aromatic carbocycles. The minimum atomic E-state index is 0.580. The third kappa shape index (κ3) is 2.36. The first-order valence-corrected chi connectivity index (χ1v) is 6.12. The van der Waals surface area contributed by atoms with Gasteiger partial charge in [0.05, 0.1) is 17.6 Å². The van der Waals surface area contributed by atoms with E-state index in [1.165, 1.54) is 12.8 Å². The van der Waals surface area contributed by atoms with Gasteiger partial charge in [-0.2, -0.15) is 0 Å². The molecule has 88 valence electrons. The van der Waals surface area contributed by atoms with Crippen molar-refractivity contribution in [1.29, 1.82) is 0 Å². The normalized spacial score (nSPS) is 19.6. The van der Waals surface area contributed by atoms with Gasteiger partial charge in [0.15, 0.2) is 0 Å². The van der Waals surface area contributed by atoms with E-state index in [0.717, 1.165) is 24.3 Å². The van der Waals surface area contributed by atoms with Gasteiger partial charge in [0.1, 0.15) is 0 Å². The first-order valence-electron chi connectivity index (χ1n) is 6.12. The van der Waals surface area contributed by atoms with Crippen LogP contribution in [0.2, 0.25) is 0 Å². The molecule has 0 radical (unpaired) electrons. The van der Waals surface area contributed by atoms with Crippen molar-refractivity contribution in [3.05, 3.63) is 42.2 Å². The molecule has 4 heteroatoms. The summed E-state index contributed by atoms with van der Waals surface area (Å²) in [5.74, 6) is 0. The number of nitrogens with zero attached hydrogens (tertiary/aromatic N) is 3. The Balaban J connectivity index is 1.74. The molecule has 0 saturated carbocycles. The van der Waals surface area contributed by atoms with E-state index >= 15 is 0 Å². The Morgan fingerprint density at radius 2 is 2.18 bits per heavy atom. The molecule has 2 aromatic rings. The van der Waals surface area contributed by atoms with E-state index in [1.54, 1.807) is 0 Å². The standard InChI is InChI=1S/C13H16N4/c1-2-6-13(7-3-1)17-10-12(15-16-17)9-11-5-4-8-14-11/h1-3,6-7,10-11,14H,4-5,8-9H2. The molecule has 0 spiro atoms. The van der Waals surface area contributed by atoms with Crippen LogP contribution < -0.4 is 5.32 Å². The summed E-state index contributed by atoms with van der Waals surface area (Å²) in [7, 11) is 0. The molecule has 0 aliphatic carbocycles. The Hall–Kier alpha value is -1.68. The Bertz CT molecular complexity index is 471. The van der Waals surface area contributed by atoms with Crippen LogP contribution in [0.15, 0.2) is 36.5 Å². The zero-order chi connectivity index (χ0) is 11.5. The first-order chi connectivity index (χ1) is 8.42. The molecule has 1 aromatic heterocycles. The summed E-state index contributed by atoms with van der Waals surface area (Å²) in [5.41, 5.74) is 2.12. The maximum atomic E-state index is 4.23. The summed E-state index contributed by atoms with van der Waals surface area (Å²) in [4.78, 5) is 0. The highest BCUT2D eigenvalue weighted by Gasteiger charge is 2.16. The van der Waals surface area contributed by atoms with Gasteiger partial charge >= 0.3 is 0 Å². The van der Waals surface area contributed by atoms with E-state index in [4.69, 9.17) is 0 Å². The molecule has 1 unspecified atom stereocenters. The molecule has 1 aliphatic heterocycles. The summed E-state index contributed by atoms with van der Waals surface area (Å²) < 4.78 is 1.84. The molecule has 1 atom stereocenters. The minimum Gasteiger partial charge on any atom is -0.314 e. The first kappa shape index (κ1) is 10.5. The van der Waals surface area contributed by atoms with E-state index in [9.17, 15) is 0 Å². The van der Waals surface area contributed by atoms with Crippen LogP contribution in [0.4, 0.5) is 0 Å². The molecule has 3 rings (SSSR count). The van der Waals surface area contributed by atoms with Crippen LogP contribution in [-0.2, 0) is 6.42 Å². The van der Waals surface area contributed by atoms with Gasteiger partial charge in [-0.1, -0.05) is 23.4 Å². The van der Waals surface area contributed by atoms with Crippen molar-refractivity contribution < 1.29 is 0 Å². The number of nitrogens with one attached hydrogen (secondary N) is 1. The molecule has 0 bridgehead atoms. The zero-order valence-electron chi connectivity index (χ0n) is 9.71. The fraction of sp³-hybridized carbons (Fsp3) is 0.385. The van der Waals surface area contributed by atoms with Crippen molar-refractivity contribution in [2.45, 2.75) is 25.3 Å². The number of benzene rings is 1. The fourth-order valence-electron chi connectivity index (χ4n) is 2.28. The Morgan fingerprint density at radius 3 is 2.94 bits per heavy atom. The Labute approximate surface area is 101 Å². The van der Waals surface area contributed by atoms with Gasteiger partial charge in [0.25, 0.3) is 0 Å². The van der Waals surface area contributed by atoms with Gasteiger partial charge in [-0.15, -0.1) is 5.10 Å². The third-order valence-corrected chi connectivity index (χ3v) is 3.18.